The third-order valence-electron chi connectivity index (χ3n) is 4.70. The zero-order valence-corrected chi connectivity index (χ0v) is 14.6. The SMILES string of the molecule is CN(C1CCCCC1)S(=O)(=O)NCCC1CCCNC1.Cl. The number of hydrogen-bond donors (Lipinski definition) is 2. The Bertz CT molecular complexity index is 380. The molecule has 0 aromatic carbocycles. The van der Waals surface area contributed by atoms with Gasteiger partial charge in [0.25, 0.3) is 10.2 Å². The molecule has 0 aromatic rings. The van der Waals surface area contributed by atoms with E-state index < -0.39 is 10.2 Å². The summed E-state index contributed by atoms with van der Waals surface area (Å²) < 4.78 is 28.9. The molecule has 2 fully saturated rings. The number of nitrogens with zero attached hydrogens (tertiary/aromatic N) is 1. The minimum atomic E-state index is -3.30. The van der Waals surface area contributed by atoms with Crippen molar-refractivity contribution >= 4 is 22.6 Å². The first-order chi connectivity index (χ1) is 9.59. The Morgan fingerprint density at radius 3 is 2.48 bits per heavy atom. The number of hydrogen-bond acceptors (Lipinski definition) is 3. The maximum atomic E-state index is 12.3. The van der Waals surface area contributed by atoms with Crippen molar-refractivity contribution in [3.63, 3.8) is 0 Å². The van der Waals surface area contributed by atoms with Gasteiger partial charge in [-0.3, -0.25) is 0 Å². The summed E-state index contributed by atoms with van der Waals surface area (Å²) in [4.78, 5) is 0. The van der Waals surface area contributed by atoms with Crippen LogP contribution in [0.2, 0.25) is 0 Å². The van der Waals surface area contributed by atoms with Crippen LogP contribution in [0.4, 0.5) is 0 Å². The second-order valence-electron chi connectivity index (χ2n) is 6.21. The van der Waals surface area contributed by atoms with Gasteiger partial charge in [-0.25, -0.2) is 4.72 Å². The van der Waals surface area contributed by atoms with Gasteiger partial charge in [-0.2, -0.15) is 12.7 Å². The molecular formula is C14H30ClN3O2S. The van der Waals surface area contributed by atoms with Crippen LogP contribution in [0.1, 0.15) is 51.4 Å². The fourth-order valence-corrected chi connectivity index (χ4v) is 4.49. The van der Waals surface area contributed by atoms with Gasteiger partial charge in [0.15, 0.2) is 0 Å². The van der Waals surface area contributed by atoms with E-state index >= 15 is 0 Å². The first-order valence-corrected chi connectivity index (χ1v) is 9.47. The first kappa shape index (κ1) is 19.2. The Morgan fingerprint density at radius 2 is 1.86 bits per heavy atom. The van der Waals surface area contributed by atoms with Crippen molar-refractivity contribution in [2.75, 3.05) is 26.7 Å². The van der Waals surface area contributed by atoms with E-state index in [1.807, 2.05) is 0 Å². The number of piperidine rings is 1. The molecular weight excluding hydrogens is 310 g/mol. The molecule has 126 valence electrons. The predicted octanol–water partition coefficient (Wildman–Crippen LogP) is 1.90. The minimum absolute atomic E-state index is 0. The number of halogens is 1. The van der Waals surface area contributed by atoms with Crippen LogP contribution in [0.3, 0.4) is 0 Å². The van der Waals surface area contributed by atoms with Crippen LogP contribution in [0.15, 0.2) is 0 Å². The van der Waals surface area contributed by atoms with E-state index in [0.717, 1.165) is 45.2 Å². The summed E-state index contributed by atoms with van der Waals surface area (Å²) in [5.74, 6) is 0.617. The van der Waals surface area contributed by atoms with Crippen LogP contribution in [0.5, 0.6) is 0 Å². The summed E-state index contributed by atoms with van der Waals surface area (Å²) in [7, 11) is -1.58. The van der Waals surface area contributed by atoms with Crippen LogP contribution in [0, 0.1) is 5.92 Å². The third-order valence-corrected chi connectivity index (χ3v) is 6.33. The average molecular weight is 340 g/mol. The quantitative estimate of drug-likeness (QED) is 0.777. The van der Waals surface area contributed by atoms with Crippen molar-refractivity contribution in [3.05, 3.63) is 0 Å². The Balaban J connectivity index is 0.00000220. The van der Waals surface area contributed by atoms with Crippen molar-refractivity contribution in [2.24, 2.45) is 5.92 Å². The Labute approximate surface area is 135 Å². The Hall–Kier alpha value is 0.120. The second kappa shape index (κ2) is 9.30. The molecule has 2 aliphatic rings. The van der Waals surface area contributed by atoms with Crippen LogP contribution >= 0.6 is 12.4 Å². The zero-order valence-electron chi connectivity index (χ0n) is 13.0. The molecule has 0 amide bonds. The summed E-state index contributed by atoms with van der Waals surface area (Å²) in [6.45, 7) is 2.69. The molecule has 1 saturated heterocycles. The molecule has 0 spiro atoms. The Kier molecular flexibility index (Phi) is 8.49. The lowest BCUT2D eigenvalue weighted by molar-refractivity contribution is 0.282. The molecule has 2 N–H and O–H groups in total. The van der Waals surface area contributed by atoms with E-state index in [2.05, 4.69) is 10.0 Å². The summed E-state index contributed by atoms with van der Waals surface area (Å²) in [6.07, 6.45) is 8.91. The fraction of sp³-hybridized carbons (Fsp3) is 1.00. The van der Waals surface area contributed by atoms with E-state index in [4.69, 9.17) is 0 Å². The summed E-state index contributed by atoms with van der Waals surface area (Å²) in [6, 6.07) is 0.192. The summed E-state index contributed by atoms with van der Waals surface area (Å²) >= 11 is 0. The lowest BCUT2D eigenvalue weighted by Gasteiger charge is -2.30. The molecule has 2 rings (SSSR count). The van der Waals surface area contributed by atoms with Crippen molar-refractivity contribution < 1.29 is 8.42 Å². The summed E-state index contributed by atoms with van der Waals surface area (Å²) in [5, 5.41) is 3.37. The van der Waals surface area contributed by atoms with Gasteiger partial charge in [-0.05, 0) is 51.1 Å². The van der Waals surface area contributed by atoms with E-state index in [-0.39, 0.29) is 18.4 Å². The highest BCUT2D eigenvalue weighted by Crippen LogP contribution is 2.23. The highest BCUT2D eigenvalue weighted by Gasteiger charge is 2.27. The van der Waals surface area contributed by atoms with Crippen LogP contribution < -0.4 is 10.0 Å². The molecule has 7 heteroatoms. The van der Waals surface area contributed by atoms with Gasteiger partial charge >= 0.3 is 0 Å². The van der Waals surface area contributed by atoms with Gasteiger partial charge in [0.1, 0.15) is 0 Å². The molecule has 1 saturated carbocycles. The smallest absolute Gasteiger partial charge is 0.279 e. The fourth-order valence-electron chi connectivity index (χ4n) is 3.31. The van der Waals surface area contributed by atoms with Crippen molar-refractivity contribution in [2.45, 2.75) is 57.4 Å². The maximum Gasteiger partial charge on any atom is 0.279 e. The van der Waals surface area contributed by atoms with Gasteiger partial charge in [0.2, 0.25) is 0 Å². The first-order valence-electron chi connectivity index (χ1n) is 8.03. The van der Waals surface area contributed by atoms with Crippen LogP contribution in [-0.4, -0.2) is 45.4 Å². The summed E-state index contributed by atoms with van der Waals surface area (Å²) in [5.41, 5.74) is 0. The molecule has 1 unspecified atom stereocenters. The number of nitrogens with one attached hydrogen (secondary N) is 2. The average Bonchev–Trinajstić information content (AvgIpc) is 2.48. The standard InChI is InChI=1S/C14H29N3O2S.ClH/c1-17(14-7-3-2-4-8-14)20(18,19)16-11-9-13-6-5-10-15-12-13;/h13-16H,2-12H2,1H3;1H. The predicted molar refractivity (Wildman–Crippen MR) is 89.0 cm³/mol. The lowest BCUT2D eigenvalue weighted by atomic mass is 9.96. The molecule has 5 nitrogen and oxygen atoms in total. The molecule has 0 aromatic heterocycles. The second-order valence-corrected chi connectivity index (χ2v) is 8.02. The maximum absolute atomic E-state index is 12.3. The molecule has 0 radical (unpaired) electrons. The molecule has 0 bridgehead atoms. The van der Waals surface area contributed by atoms with Crippen LogP contribution in [-0.2, 0) is 10.2 Å². The zero-order chi connectivity index (χ0) is 14.4. The van der Waals surface area contributed by atoms with Gasteiger partial charge in [0.05, 0.1) is 0 Å². The normalized spacial score (nSPS) is 24.8. The highest BCUT2D eigenvalue weighted by molar-refractivity contribution is 7.87. The topological polar surface area (TPSA) is 61.4 Å². The molecule has 21 heavy (non-hydrogen) atoms. The molecule has 1 atom stereocenters. The minimum Gasteiger partial charge on any atom is -0.316 e. The van der Waals surface area contributed by atoms with E-state index in [1.54, 1.807) is 11.4 Å². The van der Waals surface area contributed by atoms with Crippen molar-refractivity contribution in [1.29, 1.82) is 0 Å². The molecule has 1 aliphatic heterocycles. The van der Waals surface area contributed by atoms with E-state index in [0.29, 0.717) is 12.5 Å². The Morgan fingerprint density at radius 1 is 1.14 bits per heavy atom. The monoisotopic (exact) mass is 339 g/mol. The van der Waals surface area contributed by atoms with Gasteiger partial charge in [-0.15, -0.1) is 12.4 Å². The largest absolute Gasteiger partial charge is 0.316 e. The van der Waals surface area contributed by atoms with Crippen LogP contribution in [0.25, 0.3) is 0 Å². The van der Waals surface area contributed by atoms with E-state index in [9.17, 15) is 8.42 Å². The van der Waals surface area contributed by atoms with Gasteiger partial charge in [-0.1, -0.05) is 19.3 Å². The van der Waals surface area contributed by atoms with Gasteiger partial charge < -0.3 is 5.32 Å². The molecule has 1 heterocycles. The number of rotatable bonds is 6. The molecule has 1 aliphatic carbocycles. The van der Waals surface area contributed by atoms with E-state index in [1.165, 1.54) is 19.3 Å². The van der Waals surface area contributed by atoms with Gasteiger partial charge in [0, 0.05) is 19.6 Å². The highest BCUT2D eigenvalue weighted by atomic mass is 35.5. The lowest BCUT2D eigenvalue weighted by Crippen LogP contribution is -2.45. The van der Waals surface area contributed by atoms with Crippen molar-refractivity contribution in [3.8, 4) is 0 Å². The third kappa shape index (κ3) is 6.02. The van der Waals surface area contributed by atoms with Crippen molar-refractivity contribution in [1.82, 2.24) is 14.3 Å².